The number of amides is 2. The Kier molecular flexibility index (Phi) is 5.95. The average molecular weight is 437 g/mol. The Morgan fingerprint density at radius 1 is 1.00 bits per heavy atom. The van der Waals surface area contributed by atoms with E-state index in [1.54, 1.807) is 42.7 Å². The smallest absolute Gasteiger partial charge is 0.272 e. The molecular weight excluding hydrogens is 417 g/mol. The van der Waals surface area contributed by atoms with E-state index in [1.807, 2.05) is 13.8 Å². The van der Waals surface area contributed by atoms with E-state index in [0.29, 0.717) is 28.5 Å². The third kappa shape index (κ3) is 4.27. The van der Waals surface area contributed by atoms with Crippen LogP contribution >= 0.6 is 11.8 Å². The van der Waals surface area contributed by atoms with Crippen molar-refractivity contribution in [1.82, 2.24) is 0 Å². The Balaban J connectivity index is 1.76. The number of anilines is 1. The van der Waals surface area contributed by atoms with Crippen LogP contribution in [0.4, 0.5) is 10.1 Å². The molecule has 0 unspecified atom stereocenters. The van der Waals surface area contributed by atoms with Gasteiger partial charge in [0.15, 0.2) is 0 Å². The van der Waals surface area contributed by atoms with E-state index in [2.05, 4.69) is 0 Å². The predicted molar refractivity (Wildman–Crippen MR) is 118 cm³/mol. The highest BCUT2D eigenvalue weighted by Gasteiger charge is 2.41. The molecule has 0 saturated carbocycles. The second kappa shape index (κ2) is 8.81. The van der Waals surface area contributed by atoms with Gasteiger partial charge >= 0.3 is 0 Å². The molecule has 3 aromatic rings. The monoisotopic (exact) mass is 437 g/mol. The van der Waals surface area contributed by atoms with Crippen molar-refractivity contribution in [2.75, 3.05) is 4.90 Å². The highest BCUT2D eigenvalue weighted by atomic mass is 32.2. The van der Waals surface area contributed by atoms with E-state index in [-0.39, 0.29) is 16.6 Å². The number of furan rings is 1. The van der Waals surface area contributed by atoms with Crippen molar-refractivity contribution in [3.8, 4) is 5.75 Å². The minimum Gasteiger partial charge on any atom is -0.489 e. The summed E-state index contributed by atoms with van der Waals surface area (Å²) in [5.74, 6) is 0.162. The van der Waals surface area contributed by atoms with Gasteiger partial charge in [0.1, 0.15) is 17.3 Å². The summed E-state index contributed by atoms with van der Waals surface area (Å²) in [5, 5.41) is 0. The standard InChI is InChI=1S/C24H20FNO4S/c1-15(2)30-20-8-4-3-7-19(20)26-23(27)21(16-9-11-17(25)12-10-16)22(24(26)28)31-14-18-6-5-13-29-18/h3-13,15H,14H2,1-2H3. The van der Waals surface area contributed by atoms with Crippen LogP contribution in [-0.2, 0) is 15.3 Å². The van der Waals surface area contributed by atoms with E-state index in [1.165, 1.54) is 36.0 Å². The van der Waals surface area contributed by atoms with Gasteiger partial charge in [0, 0.05) is 0 Å². The summed E-state index contributed by atoms with van der Waals surface area (Å²) in [6, 6.07) is 16.0. The normalized spacial score (nSPS) is 14.1. The first-order valence-electron chi connectivity index (χ1n) is 9.75. The van der Waals surface area contributed by atoms with Gasteiger partial charge < -0.3 is 9.15 Å². The predicted octanol–water partition coefficient (Wildman–Crippen LogP) is 5.42. The number of ether oxygens (including phenoxy) is 1. The molecule has 1 aromatic heterocycles. The summed E-state index contributed by atoms with van der Waals surface area (Å²) >= 11 is 1.22. The lowest BCUT2D eigenvalue weighted by molar-refractivity contribution is -0.119. The molecule has 0 bridgehead atoms. The van der Waals surface area contributed by atoms with Crippen LogP contribution in [0.15, 0.2) is 76.2 Å². The average Bonchev–Trinajstić information content (AvgIpc) is 3.34. The van der Waals surface area contributed by atoms with E-state index >= 15 is 0 Å². The maximum absolute atomic E-state index is 13.5. The molecule has 1 aliphatic heterocycles. The highest BCUT2D eigenvalue weighted by molar-refractivity contribution is 8.03. The lowest BCUT2D eigenvalue weighted by Crippen LogP contribution is -2.32. The lowest BCUT2D eigenvalue weighted by atomic mass is 10.1. The first-order valence-corrected chi connectivity index (χ1v) is 10.7. The Morgan fingerprint density at radius 2 is 1.74 bits per heavy atom. The van der Waals surface area contributed by atoms with Crippen LogP contribution in [0, 0.1) is 5.82 Å². The Hall–Kier alpha value is -3.32. The van der Waals surface area contributed by atoms with Crippen molar-refractivity contribution in [2.24, 2.45) is 0 Å². The molecule has 0 aliphatic carbocycles. The van der Waals surface area contributed by atoms with Crippen molar-refractivity contribution < 1.29 is 23.1 Å². The lowest BCUT2D eigenvalue weighted by Gasteiger charge is -2.20. The SMILES string of the molecule is CC(C)Oc1ccccc1N1C(=O)C(SCc2ccco2)=C(c2ccc(F)cc2)C1=O. The molecule has 31 heavy (non-hydrogen) atoms. The number of carbonyl (C=O) groups is 2. The molecule has 2 heterocycles. The van der Waals surface area contributed by atoms with E-state index in [9.17, 15) is 14.0 Å². The zero-order chi connectivity index (χ0) is 22.0. The number of imide groups is 1. The Labute approximate surface area is 183 Å². The fourth-order valence-electron chi connectivity index (χ4n) is 3.27. The number of carbonyl (C=O) groups excluding carboxylic acids is 2. The van der Waals surface area contributed by atoms with Gasteiger partial charge in [-0.1, -0.05) is 24.3 Å². The summed E-state index contributed by atoms with van der Waals surface area (Å²) in [6.07, 6.45) is 1.42. The third-order valence-electron chi connectivity index (χ3n) is 4.58. The summed E-state index contributed by atoms with van der Waals surface area (Å²) < 4.78 is 24.7. The number of para-hydroxylation sites is 2. The summed E-state index contributed by atoms with van der Waals surface area (Å²) in [6.45, 7) is 3.74. The van der Waals surface area contributed by atoms with Gasteiger partial charge in [0.25, 0.3) is 11.8 Å². The second-order valence-corrected chi connectivity index (χ2v) is 8.14. The van der Waals surface area contributed by atoms with Crippen LogP contribution in [0.5, 0.6) is 5.75 Å². The molecule has 0 fully saturated rings. The van der Waals surface area contributed by atoms with Gasteiger partial charge in [-0.15, -0.1) is 11.8 Å². The van der Waals surface area contributed by atoms with E-state index < -0.39 is 17.6 Å². The minimum atomic E-state index is -0.474. The Morgan fingerprint density at radius 3 is 2.42 bits per heavy atom. The topological polar surface area (TPSA) is 59.8 Å². The van der Waals surface area contributed by atoms with Crippen molar-refractivity contribution in [2.45, 2.75) is 25.7 Å². The van der Waals surface area contributed by atoms with E-state index in [4.69, 9.17) is 9.15 Å². The number of hydrogen-bond donors (Lipinski definition) is 0. The van der Waals surface area contributed by atoms with Crippen LogP contribution in [0.2, 0.25) is 0 Å². The molecule has 0 spiro atoms. The molecule has 4 rings (SSSR count). The van der Waals surface area contributed by atoms with Crippen LogP contribution in [0.25, 0.3) is 5.57 Å². The number of halogens is 1. The largest absolute Gasteiger partial charge is 0.489 e. The van der Waals surface area contributed by atoms with Crippen molar-refractivity contribution in [1.29, 1.82) is 0 Å². The van der Waals surface area contributed by atoms with Gasteiger partial charge in [-0.05, 0) is 55.8 Å². The maximum atomic E-state index is 13.5. The maximum Gasteiger partial charge on any atom is 0.272 e. The first kappa shape index (κ1) is 20.9. The molecule has 0 atom stereocenters. The van der Waals surface area contributed by atoms with Crippen molar-refractivity contribution >= 4 is 34.8 Å². The molecule has 0 N–H and O–H groups in total. The molecule has 5 nitrogen and oxygen atoms in total. The third-order valence-corrected chi connectivity index (χ3v) is 5.68. The van der Waals surface area contributed by atoms with Gasteiger partial charge in [0.05, 0.1) is 34.3 Å². The summed E-state index contributed by atoms with van der Waals surface area (Å²) in [5.41, 5.74) is 1.09. The number of nitrogens with zero attached hydrogens (tertiary/aromatic N) is 1. The zero-order valence-corrected chi connectivity index (χ0v) is 17.8. The van der Waals surface area contributed by atoms with E-state index in [0.717, 1.165) is 4.90 Å². The number of hydrogen-bond acceptors (Lipinski definition) is 5. The van der Waals surface area contributed by atoms with Gasteiger partial charge in [-0.3, -0.25) is 9.59 Å². The summed E-state index contributed by atoms with van der Waals surface area (Å²) in [4.78, 5) is 28.3. The second-order valence-electron chi connectivity index (χ2n) is 7.16. The molecule has 2 amide bonds. The number of rotatable bonds is 7. The quantitative estimate of drug-likeness (QED) is 0.462. The fraction of sp³-hybridized carbons (Fsp3) is 0.167. The van der Waals surface area contributed by atoms with Crippen LogP contribution < -0.4 is 9.64 Å². The molecule has 0 saturated heterocycles. The molecular formula is C24H20FNO4S. The minimum absolute atomic E-state index is 0.133. The number of thioether (sulfide) groups is 1. The van der Waals surface area contributed by atoms with Crippen LogP contribution in [0.1, 0.15) is 25.2 Å². The van der Waals surface area contributed by atoms with Crippen molar-refractivity contribution in [3.05, 3.63) is 89.0 Å². The first-order chi connectivity index (χ1) is 15.0. The molecule has 158 valence electrons. The molecule has 7 heteroatoms. The van der Waals surface area contributed by atoms with Gasteiger partial charge in [0.2, 0.25) is 0 Å². The fourth-order valence-corrected chi connectivity index (χ4v) is 4.28. The van der Waals surface area contributed by atoms with Gasteiger partial charge in [-0.25, -0.2) is 9.29 Å². The summed E-state index contributed by atoms with van der Waals surface area (Å²) in [7, 11) is 0. The van der Waals surface area contributed by atoms with Gasteiger partial charge in [-0.2, -0.15) is 0 Å². The number of benzene rings is 2. The highest BCUT2D eigenvalue weighted by Crippen LogP contribution is 2.42. The Bertz CT molecular complexity index is 1140. The van der Waals surface area contributed by atoms with Crippen LogP contribution in [-0.4, -0.2) is 17.9 Å². The molecule has 0 radical (unpaired) electrons. The molecule has 1 aliphatic rings. The van der Waals surface area contributed by atoms with Crippen molar-refractivity contribution in [3.63, 3.8) is 0 Å². The van der Waals surface area contributed by atoms with Crippen LogP contribution in [0.3, 0.4) is 0 Å². The zero-order valence-electron chi connectivity index (χ0n) is 17.0. The molecule has 2 aromatic carbocycles.